The second-order valence-electron chi connectivity index (χ2n) is 6.23. The molecule has 0 aromatic carbocycles. The molecule has 2 heteroatoms. The molecule has 5 atom stereocenters. The quantitative estimate of drug-likeness (QED) is 0.687. The molecule has 0 radical (unpaired) electrons. The zero-order valence-corrected chi connectivity index (χ0v) is 12.4. The van der Waals surface area contributed by atoms with E-state index in [0.717, 1.165) is 30.3 Å². The molecule has 0 bridgehead atoms. The maximum absolute atomic E-state index is 6.02. The van der Waals surface area contributed by atoms with E-state index >= 15 is 0 Å². The van der Waals surface area contributed by atoms with Crippen molar-refractivity contribution in [3.8, 4) is 0 Å². The van der Waals surface area contributed by atoms with Crippen LogP contribution in [0.5, 0.6) is 0 Å². The van der Waals surface area contributed by atoms with Gasteiger partial charge in [-0.2, -0.15) is 0 Å². The second-order valence-corrected chi connectivity index (χ2v) is 6.23. The van der Waals surface area contributed by atoms with Crippen LogP contribution in [0.1, 0.15) is 52.4 Å². The fourth-order valence-corrected chi connectivity index (χ4v) is 4.49. The minimum atomic E-state index is 0.564. The van der Waals surface area contributed by atoms with Crippen molar-refractivity contribution in [3.05, 3.63) is 0 Å². The Labute approximate surface area is 114 Å². The average molecular weight is 248 g/mol. The topological polar surface area (TPSA) is 9.23 Å². The molecule has 2 fully saturated rings. The summed E-state index contributed by atoms with van der Waals surface area (Å²) in [5.41, 5.74) is 0. The summed E-state index contributed by atoms with van der Waals surface area (Å²) in [5.74, 6) is 5.85. The molecule has 0 aromatic heterocycles. The van der Waals surface area contributed by atoms with Gasteiger partial charge in [-0.3, -0.25) is 0 Å². The first-order valence-electron chi connectivity index (χ1n) is 8.02. The molecular formula is C16H29BO. The molecule has 2 saturated carbocycles. The van der Waals surface area contributed by atoms with Crippen LogP contribution in [0.25, 0.3) is 0 Å². The Morgan fingerprint density at radius 2 is 1.89 bits per heavy atom. The van der Waals surface area contributed by atoms with Crippen molar-refractivity contribution in [2.45, 2.75) is 65.3 Å². The van der Waals surface area contributed by atoms with Crippen LogP contribution in [-0.2, 0) is 4.74 Å². The summed E-state index contributed by atoms with van der Waals surface area (Å²) in [7, 11) is 0. The molecule has 18 heavy (non-hydrogen) atoms. The van der Waals surface area contributed by atoms with Crippen LogP contribution in [0.3, 0.4) is 0 Å². The van der Waals surface area contributed by atoms with Crippen LogP contribution >= 0.6 is 0 Å². The zero-order chi connectivity index (χ0) is 13.0. The van der Waals surface area contributed by atoms with E-state index in [-0.39, 0.29) is 0 Å². The van der Waals surface area contributed by atoms with Crippen molar-refractivity contribution in [2.75, 3.05) is 6.61 Å². The van der Waals surface area contributed by atoms with Gasteiger partial charge in [0, 0.05) is 0 Å². The van der Waals surface area contributed by atoms with Gasteiger partial charge in [0.05, 0.1) is 0 Å². The molecule has 0 N–H and O–H groups in total. The predicted molar refractivity (Wildman–Crippen MR) is 80.4 cm³/mol. The molecule has 2 aliphatic rings. The van der Waals surface area contributed by atoms with Crippen molar-refractivity contribution in [3.63, 3.8) is 0 Å². The van der Waals surface area contributed by atoms with E-state index in [9.17, 15) is 0 Å². The van der Waals surface area contributed by atoms with Gasteiger partial charge < -0.3 is 0 Å². The van der Waals surface area contributed by atoms with Gasteiger partial charge in [0.1, 0.15) is 0 Å². The number of hydrogen-bond donors (Lipinski definition) is 0. The third-order valence-corrected chi connectivity index (χ3v) is 5.24. The summed E-state index contributed by atoms with van der Waals surface area (Å²) >= 11 is 0. The van der Waals surface area contributed by atoms with Crippen molar-refractivity contribution in [2.24, 2.45) is 23.7 Å². The van der Waals surface area contributed by atoms with Crippen molar-refractivity contribution in [1.82, 2.24) is 0 Å². The number of ether oxygens (including phenoxy) is 1. The Bertz CT molecular complexity index is 276. The van der Waals surface area contributed by atoms with Gasteiger partial charge in [-0.15, -0.1) is 0 Å². The molecule has 0 aliphatic heterocycles. The Morgan fingerprint density at radius 3 is 2.56 bits per heavy atom. The first kappa shape index (κ1) is 14.3. The fraction of sp³-hybridized carbons (Fsp3) is 0.938. The van der Waals surface area contributed by atoms with Gasteiger partial charge in [-0.25, -0.2) is 0 Å². The Kier molecular flexibility index (Phi) is 5.47. The van der Waals surface area contributed by atoms with Gasteiger partial charge in [0.2, 0.25) is 0 Å². The normalized spacial score (nSPS) is 38.2. The standard InChI is InChI=1S/C16H29BO/c1-4-18-16-10-9-13(12(2)11-17-3)14-7-5-6-8-15(14)16/h11-16H,4-10H2,1-3H3. The predicted octanol–water partition coefficient (Wildman–Crippen LogP) is 3.80. The van der Waals surface area contributed by atoms with E-state index in [0.29, 0.717) is 6.10 Å². The van der Waals surface area contributed by atoms with Crippen molar-refractivity contribution < 1.29 is 4.74 Å². The molecule has 2 aliphatic carbocycles. The third kappa shape index (κ3) is 3.07. The second kappa shape index (κ2) is 6.89. The molecule has 0 aromatic rings. The van der Waals surface area contributed by atoms with Gasteiger partial charge in [0.25, 0.3) is 0 Å². The molecule has 2 rings (SSSR count). The molecule has 0 saturated heterocycles. The van der Waals surface area contributed by atoms with E-state index in [4.69, 9.17) is 4.74 Å². The van der Waals surface area contributed by atoms with Gasteiger partial charge in [0.15, 0.2) is 0 Å². The molecule has 0 heterocycles. The van der Waals surface area contributed by atoms with Crippen LogP contribution in [0, 0.1) is 23.7 Å². The Hall–Kier alpha value is -0.105. The van der Waals surface area contributed by atoms with E-state index in [2.05, 4.69) is 33.6 Å². The zero-order valence-electron chi connectivity index (χ0n) is 12.4. The summed E-state index contributed by atoms with van der Waals surface area (Å²) in [6, 6.07) is 0. The first-order chi connectivity index (χ1) is 8.77. The van der Waals surface area contributed by atoms with E-state index in [1.54, 1.807) is 0 Å². The molecule has 0 amide bonds. The number of rotatable bonds is 4. The van der Waals surface area contributed by atoms with E-state index < -0.39 is 0 Å². The van der Waals surface area contributed by atoms with E-state index in [1.165, 1.54) is 38.5 Å². The summed E-state index contributed by atoms with van der Waals surface area (Å²) in [5, 5.41) is 0. The Morgan fingerprint density at radius 1 is 1.17 bits per heavy atom. The maximum atomic E-state index is 6.02. The van der Waals surface area contributed by atoms with Crippen LogP contribution in [0.4, 0.5) is 0 Å². The van der Waals surface area contributed by atoms with Crippen LogP contribution < -0.4 is 0 Å². The monoisotopic (exact) mass is 248 g/mol. The van der Waals surface area contributed by atoms with Gasteiger partial charge in [-0.05, 0) is 0 Å². The van der Waals surface area contributed by atoms with Crippen molar-refractivity contribution >= 4 is 12.9 Å². The first-order valence-corrected chi connectivity index (χ1v) is 8.02. The summed E-state index contributed by atoms with van der Waals surface area (Å²) in [4.78, 5) is 0. The van der Waals surface area contributed by atoms with Crippen LogP contribution in [0.15, 0.2) is 0 Å². The van der Waals surface area contributed by atoms with Crippen LogP contribution in [0.2, 0.25) is 6.82 Å². The SMILES string of the molecule is CB=CC(C)C1CCC(OCC)C2CCCCC12. The molecular weight excluding hydrogens is 219 g/mol. The van der Waals surface area contributed by atoms with Gasteiger partial charge in [-0.1, -0.05) is 0 Å². The van der Waals surface area contributed by atoms with Crippen LogP contribution in [-0.4, -0.2) is 25.6 Å². The third-order valence-electron chi connectivity index (χ3n) is 5.24. The number of hydrogen-bond acceptors (Lipinski definition) is 1. The molecule has 0 spiro atoms. The average Bonchev–Trinajstić information content (AvgIpc) is 2.39. The molecule has 5 unspecified atom stereocenters. The summed E-state index contributed by atoms with van der Waals surface area (Å²) in [6.07, 6.45) is 8.96. The summed E-state index contributed by atoms with van der Waals surface area (Å²) in [6.45, 7) is 9.84. The van der Waals surface area contributed by atoms with E-state index in [1.807, 2.05) is 0 Å². The summed E-state index contributed by atoms with van der Waals surface area (Å²) < 4.78 is 6.02. The molecule has 102 valence electrons. The van der Waals surface area contributed by atoms with Gasteiger partial charge >= 0.3 is 113 Å². The fourth-order valence-electron chi connectivity index (χ4n) is 4.49. The number of fused-ring (bicyclic) bond motifs is 1. The van der Waals surface area contributed by atoms with Crippen molar-refractivity contribution in [1.29, 1.82) is 0 Å². The molecule has 1 nitrogen and oxygen atoms in total. The Balaban J connectivity index is 2.07. The minimum absolute atomic E-state index is 0.564.